The number of rotatable bonds is 2. The normalized spacial score (nSPS) is 9.33. The molecule has 0 aliphatic heterocycles. The fourth-order valence-electron chi connectivity index (χ4n) is 0.222. The smallest absolute Gasteiger partial charge is 0.324 e. The van der Waals surface area contributed by atoms with Crippen molar-refractivity contribution in [1.29, 1.82) is 0 Å². The van der Waals surface area contributed by atoms with Crippen molar-refractivity contribution in [2.24, 2.45) is 0 Å². The molecule has 0 aliphatic rings. The van der Waals surface area contributed by atoms with Crippen molar-refractivity contribution >= 4 is 18.0 Å². The lowest BCUT2D eigenvalue weighted by molar-refractivity contribution is 0.248. The van der Waals surface area contributed by atoms with Crippen LogP contribution in [0.15, 0.2) is 0 Å². The summed E-state index contributed by atoms with van der Waals surface area (Å²) in [6, 6.07) is -0.145. The Labute approximate surface area is 59.7 Å². The van der Waals surface area contributed by atoms with E-state index in [1.807, 2.05) is 13.8 Å². The molecule has 0 unspecified atom stereocenters. The Hall–Kier alpha value is -0.380. The van der Waals surface area contributed by atoms with E-state index in [1.165, 1.54) is 11.9 Å². The summed E-state index contributed by atoms with van der Waals surface area (Å²) in [5, 5.41) is 2.88. The number of carbonyl (C=O) groups is 1. The number of hydrogen-bond donors (Lipinski definition) is 2. The minimum Gasteiger partial charge on any atom is -0.341 e. The molecule has 0 atom stereocenters. The van der Waals surface area contributed by atoms with E-state index in [0.717, 1.165) is 0 Å². The topological polar surface area (TPSA) is 41.1 Å². The second-order valence-corrected chi connectivity index (χ2v) is 3.23. The van der Waals surface area contributed by atoms with Gasteiger partial charge in [-0.1, -0.05) is 13.8 Å². The average Bonchev–Trinajstić information content (AvgIpc) is 1.83. The van der Waals surface area contributed by atoms with E-state index in [-0.39, 0.29) is 6.03 Å². The zero-order valence-electron chi connectivity index (χ0n) is 5.89. The van der Waals surface area contributed by atoms with E-state index in [4.69, 9.17) is 0 Å². The van der Waals surface area contributed by atoms with Crippen LogP contribution < -0.4 is 10.0 Å². The van der Waals surface area contributed by atoms with Gasteiger partial charge >= 0.3 is 6.03 Å². The number of hydrogen-bond acceptors (Lipinski definition) is 2. The molecule has 0 spiro atoms. The Bertz CT molecular complexity index is 95.0. The number of nitrogens with one attached hydrogen (secondary N) is 2. The lowest BCUT2D eigenvalue weighted by Crippen LogP contribution is -2.28. The predicted molar refractivity (Wildman–Crippen MR) is 40.3 cm³/mol. The van der Waals surface area contributed by atoms with Crippen LogP contribution >= 0.6 is 11.9 Å². The van der Waals surface area contributed by atoms with Gasteiger partial charge in [0, 0.05) is 12.3 Å². The molecule has 0 heterocycles. The molecule has 4 heteroatoms. The van der Waals surface area contributed by atoms with Crippen LogP contribution in [0.3, 0.4) is 0 Å². The minimum absolute atomic E-state index is 0.145. The van der Waals surface area contributed by atoms with Gasteiger partial charge in [0.15, 0.2) is 0 Å². The molecular weight excluding hydrogens is 136 g/mol. The predicted octanol–water partition coefficient (Wildman–Crippen LogP) is 0.972. The molecule has 0 aromatic rings. The number of urea groups is 1. The van der Waals surface area contributed by atoms with Gasteiger partial charge < -0.3 is 5.32 Å². The van der Waals surface area contributed by atoms with Crippen LogP contribution in [-0.4, -0.2) is 18.3 Å². The first-order chi connectivity index (χ1) is 4.16. The average molecular weight is 148 g/mol. The van der Waals surface area contributed by atoms with Gasteiger partial charge in [-0.25, -0.2) is 4.79 Å². The zero-order valence-corrected chi connectivity index (χ0v) is 6.71. The third-order valence-corrected chi connectivity index (χ3v) is 1.39. The van der Waals surface area contributed by atoms with E-state index in [2.05, 4.69) is 10.0 Å². The van der Waals surface area contributed by atoms with Crippen molar-refractivity contribution < 1.29 is 4.79 Å². The lowest BCUT2D eigenvalue weighted by atomic mass is 10.6. The minimum atomic E-state index is -0.145. The molecule has 0 aromatic heterocycles. The molecule has 0 rings (SSSR count). The largest absolute Gasteiger partial charge is 0.341 e. The summed E-state index contributed by atoms with van der Waals surface area (Å²) >= 11 is 1.40. The van der Waals surface area contributed by atoms with Crippen LogP contribution in [0.25, 0.3) is 0 Å². The second kappa shape index (κ2) is 4.49. The molecule has 0 aromatic carbocycles. The highest BCUT2D eigenvalue weighted by molar-refractivity contribution is 7.98. The van der Waals surface area contributed by atoms with Crippen molar-refractivity contribution in [3.05, 3.63) is 0 Å². The van der Waals surface area contributed by atoms with E-state index in [1.54, 1.807) is 7.05 Å². The molecule has 2 amide bonds. The maximum atomic E-state index is 10.5. The quantitative estimate of drug-likeness (QED) is 0.573. The van der Waals surface area contributed by atoms with Gasteiger partial charge in [-0.15, -0.1) is 0 Å². The summed E-state index contributed by atoms with van der Waals surface area (Å²) in [6.45, 7) is 4.03. The highest BCUT2D eigenvalue weighted by atomic mass is 32.2. The van der Waals surface area contributed by atoms with Gasteiger partial charge in [-0.2, -0.15) is 0 Å². The standard InChI is InChI=1S/C5H12N2OS/c1-4(2)9-7-5(8)6-3/h4H,1-3H3,(H2,6,7,8). The van der Waals surface area contributed by atoms with Crippen molar-refractivity contribution in [2.45, 2.75) is 19.1 Å². The molecule has 3 nitrogen and oxygen atoms in total. The number of amides is 2. The van der Waals surface area contributed by atoms with Crippen LogP contribution in [0, 0.1) is 0 Å². The summed E-state index contributed by atoms with van der Waals surface area (Å²) in [7, 11) is 1.59. The van der Waals surface area contributed by atoms with E-state index >= 15 is 0 Å². The molecule has 0 radical (unpaired) electrons. The molecule has 0 saturated heterocycles. The third kappa shape index (κ3) is 5.49. The Morgan fingerprint density at radius 3 is 2.44 bits per heavy atom. The molecule has 0 bridgehead atoms. The first kappa shape index (κ1) is 8.62. The van der Waals surface area contributed by atoms with Gasteiger partial charge in [0.25, 0.3) is 0 Å². The highest BCUT2D eigenvalue weighted by Crippen LogP contribution is 2.01. The van der Waals surface area contributed by atoms with Crippen molar-refractivity contribution in [3.63, 3.8) is 0 Å². The Balaban J connectivity index is 3.17. The van der Waals surface area contributed by atoms with E-state index < -0.39 is 0 Å². The third-order valence-electron chi connectivity index (χ3n) is 0.614. The van der Waals surface area contributed by atoms with Crippen LogP contribution in [0.5, 0.6) is 0 Å². The molecule has 0 fully saturated rings. The van der Waals surface area contributed by atoms with Gasteiger partial charge in [-0.05, 0) is 11.9 Å². The SMILES string of the molecule is CNC(=O)NSC(C)C. The first-order valence-corrected chi connectivity index (χ1v) is 3.68. The Morgan fingerprint density at radius 1 is 1.56 bits per heavy atom. The van der Waals surface area contributed by atoms with Gasteiger partial charge in [0.2, 0.25) is 0 Å². The molecule has 0 aliphatic carbocycles. The summed E-state index contributed by atoms with van der Waals surface area (Å²) in [6.07, 6.45) is 0. The summed E-state index contributed by atoms with van der Waals surface area (Å²) in [5.74, 6) is 0. The molecule has 0 saturated carbocycles. The highest BCUT2D eigenvalue weighted by Gasteiger charge is 1.96. The van der Waals surface area contributed by atoms with Gasteiger partial charge in [-0.3, -0.25) is 4.72 Å². The first-order valence-electron chi connectivity index (χ1n) is 2.80. The van der Waals surface area contributed by atoms with Crippen LogP contribution in [-0.2, 0) is 0 Å². The molecule has 54 valence electrons. The van der Waals surface area contributed by atoms with Gasteiger partial charge in [0.1, 0.15) is 0 Å². The summed E-state index contributed by atoms with van der Waals surface area (Å²) in [4.78, 5) is 10.5. The monoisotopic (exact) mass is 148 g/mol. The summed E-state index contributed by atoms with van der Waals surface area (Å²) < 4.78 is 2.60. The maximum absolute atomic E-state index is 10.5. The van der Waals surface area contributed by atoms with E-state index in [9.17, 15) is 4.79 Å². The lowest BCUT2D eigenvalue weighted by Gasteiger charge is -2.04. The van der Waals surface area contributed by atoms with Crippen molar-refractivity contribution in [3.8, 4) is 0 Å². The van der Waals surface area contributed by atoms with Crippen LogP contribution in [0.1, 0.15) is 13.8 Å². The van der Waals surface area contributed by atoms with Crippen molar-refractivity contribution in [2.75, 3.05) is 7.05 Å². The van der Waals surface area contributed by atoms with Crippen LogP contribution in [0.4, 0.5) is 4.79 Å². The summed E-state index contributed by atoms with van der Waals surface area (Å²) in [5.41, 5.74) is 0. The second-order valence-electron chi connectivity index (χ2n) is 1.85. The maximum Gasteiger partial charge on any atom is 0.324 e. The van der Waals surface area contributed by atoms with Crippen molar-refractivity contribution in [1.82, 2.24) is 10.0 Å². The van der Waals surface area contributed by atoms with Crippen LogP contribution in [0.2, 0.25) is 0 Å². The Kier molecular flexibility index (Phi) is 4.30. The van der Waals surface area contributed by atoms with E-state index in [0.29, 0.717) is 5.25 Å². The fraction of sp³-hybridized carbons (Fsp3) is 0.800. The number of carbonyl (C=O) groups excluding carboxylic acids is 1. The zero-order chi connectivity index (χ0) is 7.28. The van der Waals surface area contributed by atoms with Gasteiger partial charge in [0.05, 0.1) is 0 Å². The Morgan fingerprint density at radius 2 is 2.11 bits per heavy atom. The fourth-order valence-corrected chi connectivity index (χ4v) is 0.667. The molecule has 9 heavy (non-hydrogen) atoms. The molecular formula is C5H12N2OS. The molecule has 2 N–H and O–H groups in total.